The van der Waals surface area contributed by atoms with Gasteiger partial charge in [-0.05, 0) is 43.9 Å². The molecule has 0 aliphatic carbocycles. The van der Waals surface area contributed by atoms with E-state index in [1.54, 1.807) is 25.1 Å². The SMILES string of the molecule is CCCS(=O)(=O)[C@@H](C)C(=O)Nc1cccc(CN2CCCCC2=O)c1. The lowest BCUT2D eigenvalue weighted by Crippen LogP contribution is -2.35. The first-order valence-electron chi connectivity index (χ1n) is 8.72. The van der Waals surface area contributed by atoms with Gasteiger partial charge in [-0.1, -0.05) is 19.1 Å². The van der Waals surface area contributed by atoms with E-state index in [0.717, 1.165) is 24.9 Å². The first-order valence-corrected chi connectivity index (χ1v) is 10.4. The summed E-state index contributed by atoms with van der Waals surface area (Å²) in [5.74, 6) is -0.377. The number of carbonyl (C=O) groups excluding carboxylic acids is 2. The van der Waals surface area contributed by atoms with Crippen molar-refractivity contribution in [3.63, 3.8) is 0 Å². The average molecular weight is 366 g/mol. The summed E-state index contributed by atoms with van der Waals surface area (Å²) in [7, 11) is -3.43. The van der Waals surface area contributed by atoms with Gasteiger partial charge < -0.3 is 10.2 Å². The number of piperidine rings is 1. The van der Waals surface area contributed by atoms with E-state index < -0.39 is 21.0 Å². The molecule has 1 N–H and O–H groups in total. The van der Waals surface area contributed by atoms with Crippen LogP contribution < -0.4 is 5.32 Å². The number of rotatable bonds is 7. The van der Waals surface area contributed by atoms with Crippen LogP contribution in [0.2, 0.25) is 0 Å². The number of anilines is 1. The van der Waals surface area contributed by atoms with Gasteiger partial charge in [0.15, 0.2) is 9.84 Å². The van der Waals surface area contributed by atoms with E-state index in [9.17, 15) is 18.0 Å². The molecule has 1 saturated heterocycles. The lowest BCUT2D eigenvalue weighted by molar-refractivity contribution is -0.133. The fourth-order valence-corrected chi connectivity index (χ4v) is 4.17. The number of carbonyl (C=O) groups is 2. The highest BCUT2D eigenvalue weighted by atomic mass is 32.2. The number of likely N-dealkylation sites (tertiary alicyclic amines) is 1. The van der Waals surface area contributed by atoms with Crippen molar-refractivity contribution in [2.45, 2.75) is 51.3 Å². The van der Waals surface area contributed by atoms with Gasteiger partial charge in [-0.2, -0.15) is 0 Å². The highest BCUT2D eigenvalue weighted by molar-refractivity contribution is 7.92. The van der Waals surface area contributed by atoms with Crippen LogP contribution in [0.3, 0.4) is 0 Å². The van der Waals surface area contributed by atoms with Gasteiger partial charge >= 0.3 is 0 Å². The molecule has 0 aromatic heterocycles. The summed E-state index contributed by atoms with van der Waals surface area (Å²) in [4.78, 5) is 26.0. The Kier molecular flexibility index (Phi) is 6.58. The predicted octanol–water partition coefficient (Wildman–Crippen LogP) is 2.35. The van der Waals surface area contributed by atoms with Crippen molar-refractivity contribution >= 4 is 27.3 Å². The van der Waals surface area contributed by atoms with Crippen LogP contribution in [0, 0.1) is 0 Å². The number of nitrogens with one attached hydrogen (secondary N) is 1. The van der Waals surface area contributed by atoms with Gasteiger partial charge in [0.1, 0.15) is 5.25 Å². The molecule has 1 heterocycles. The molecular weight excluding hydrogens is 340 g/mol. The minimum atomic E-state index is -3.43. The van der Waals surface area contributed by atoms with Crippen LogP contribution in [-0.2, 0) is 26.0 Å². The third kappa shape index (κ3) is 5.29. The van der Waals surface area contributed by atoms with Gasteiger partial charge in [0.25, 0.3) is 0 Å². The standard InChI is InChI=1S/C18H26N2O4S/c1-3-11-25(23,24)14(2)18(22)19-16-8-6-7-15(12-16)13-20-10-5-4-9-17(20)21/h6-8,12,14H,3-5,9-11,13H2,1-2H3,(H,19,22)/t14-/m0/s1. The smallest absolute Gasteiger partial charge is 0.242 e. The highest BCUT2D eigenvalue weighted by Crippen LogP contribution is 2.18. The van der Waals surface area contributed by atoms with Crippen LogP contribution in [0.15, 0.2) is 24.3 Å². The lowest BCUT2D eigenvalue weighted by atomic mass is 10.1. The fourth-order valence-electron chi connectivity index (χ4n) is 2.87. The maximum atomic E-state index is 12.2. The molecule has 1 aromatic carbocycles. The van der Waals surface area contributed by atoms with Gasteiger partial charge in [-0.3, -0.25) is 9.59 Å². The zero-order chi connectivity index (χ0) is 18.4. The number of benzene rings is 1. The van der Waals surface area contributed by atoms with Crippen molar-refractivity contribution in [2.75, 3.05) is 17.6 Å². The van der Waals surface area contributed by atoms with Crippen LogP contribution in [-0.4, -0.2) is 42.7 Å². The lowest BCUT2D eigenvalue weighted by Gasteiger charge is -2.27. The Morgan fingerprint density at radius 1 is 1.32 bits per heavy atom. The van der Waals surface area contributed by atoms with Crippen LogP contribution in [0.1, 0.15) is 45.1 Å². The number of hydrogen-bond donors (Lipinski definition) is 1. The molecule has 1 fully saturated rings. The van der Waals surface area contributed by atoms with Crippen molar-refractivity contribution in [3.8, 4) is 0 Å². The summed E-state index contributed by atoms with van der Waals surface area (Å²) in [6, 6.07) is 7.21. The van der Waals surface area contributed by atoms with Gasteiger partial charge in [-0.25, -0.2) is 8.42 Å². The summed E-state index contributed by atoms with van der Waals surface area (Å²) < 4.78 is 24.0. The van der Waals surface area contributed by atoms with Gasteiger partial charge in [-0.15, -0.1) is 0 Å². The molecule has 25 heavy (non-hydrogen) atoms. The molecule has 2 amide bonds. The normalized spacial score (nSPS) is 16.6. The Hall–Kier alpha value is -1.89. The zero-order valence-corrected chi connectivity index (χ0v) is 15.6. The van der Waals surface area contributed by atoms with Crippen molar-refractivity contribution in [3.05, 3.63) is 29.8 Å². The molecule has 138 valence electrons. The third-order valence-electron chi connectivity index (χ3n) is 4.39. The first-order chi connectivity index (χ1) is 11.8. The maximum absolute atomic E-state index is 12.2. The highest BCUT2D eigenvalue weighted by Gasteiger charge is 2.27. The molecular formula is C18H26N2O4S. The van der Waals surface area contributed by atoms with E-state index in [-0.39, 0.29) is 11.7 Å². The van der Waals surface area contributed by atoms with Crippen LogP contribution >= 0.6 is 0 Å². The van der Waals surface area contributed by atoms with Gasteiger partial charge in [0.05, 0.1) is 5.75 Å². The van der Waals surface area contributed by atoms with Crippen LogP contribution in [0.5, 0.6) is 0 Å². The Morgan fingerprint density at radius 2 is 2.08 bits per heavy atom. The van der Waals surface area contributed by atoms with Crippen molar-refractivity contribution in [2.24, 2.45) is 0 Å². The van der Waals surface area contributed by atoms with Crippen LogP contribution in [0.4, 0.5) is 5.69 Å². The molecule has 1 aromatic rings. The Balaban J connectivity index is 2.03. The minimum Gasteiger partial charge on any atom is -0.338 e. The molecule has 0 bridgehead atoms. The summed E-state index contributed by atoms with van der Waals surface area (Å²) in [6.07, 6.45) is 3.02. The van der Waals surface area contributed by atoms with Crippen molar-refractivity contribution in [1.29, 1.82) is 0 Å². The van der Waals surface area contributed by atoms with E-state index >= 15 is 0 Å². The minimum absolute atomic E-state index is 0.00129. The third-order valence-corrected chi connectivity index (χ3v) is 6.65. The molecule has 1 aliphatic rings. The second-order valence-electron chi connectivity index (χ2n) is 6.47. The van der Waals surface area contributed by atoms with E-state index in [4.69, 9.17) is 0 Å². The molecule has 7 heteroatoms. The summed E-state index contributed by atoms with van der Waals surface area (Å²) in [6.45, 7) is 4.44. The Morgan fingerprint density at radius 3 is 2.76 bits per heavy atom. The fraction of sp³-hybridized carbons (Fsp3) is 0.556. The Bertz CT molecular complexity index is 730. The number of hydrogen-bond acceptors (Lipinski definition) is 4. The number of sulfone groups is 1. The van der Waals surface area contributed by atoms with E-state index in [1.165, 1.54) is 6.92 Å². The summed E-state index contributed by atoms with van der Waals surface area (Å²) in [5.41, 5.74) is 1.46. The Labute approximate surface area is 149 Å². The topological polar surface area (TPSA) is 83.6 Å². The average Bonchev–Trinajstić information content (AvgIpc) is 2.56. The molecule has 0 radical (unpaired) electrons. The summed E-state index contributed by atoms with van der Waals surface area (Å²) >= 11 is 0. The number of nitrogens with zero attached hydrogens (tertiary/aromatic N) is 1. The predicted molar refractivity (Wildman–Crippen MR) is 97.9 cm³/mol. The van der Waals surface area contributed by atoms with Gasteiger partial charge in [0, 0.05) is 25.2 Å². The van der Waals surface area contributed by atoms with Crippen molar-refractivity contribution < 1.29 is 18.0 Å². The summed E-state index contributed by atoms with van der Waals surface area (Å²) in [5, 5.41) is 1.59. The molecule has 6 nitrogen and oxygen atoms in total. The first kappa shape index (κ1) is 19.4. The molecule has 0 spiro atoms. The van der Waals surface area contributed by atoms with Crippen LogP contribution in [0.25, 0.3) is 0 Å². The van der Waals surface area contributed by atoms with Crippen molar-refractivity contribution in [1.82, 2.24) is 4.90 Å². The van der Waals surface area contributed by atoms with Gasteiger partial charge in [0.2, 0.25) is 11.8 Å². The number of amides is 2. The molecule has 1 aliphatic heterocycles. The molecule has 0 unspecified atom stereocenters. The zero-order valence-electron chi connectivity index (χ0n) is 14.8. The maximum Gasteiger partial charge on any atom is 0.242 e. The van der Waals surface area contributed by atoms with E-state index in [0.29, 0.717) is 25.1 Å². The largest absolute Gasteiger partial charge is 0.338 e. The molecule has 0 saturated carbocycles. The molecule has 2 rings (SSSR count). The second-order valence-corrected chi connectivity index (χ2v) is 8.91. The quantitative estimate of drug-likeness (QED) is 0.803. The van der Waals surface area contributed by atoms with E-state index in [1.807, 2.05) is 11.0 Å². The van der Waals surface area contributed by atoms with E-state index in [2.05, 4.69) is 5.32 Å². The monoisotopic (exact) mass is 366 g/mol. The second kappa shape index (κ2) is 8.47. The molecule has 1 atom stereocenters.